The number of rotatable bonds is 7. The van der Waals surface area contributed by atoms with Crippen LogP contribution in [0.4, 0.5) is 4.79 Å². The summed E-state index contributed by atoms with van der Waals surface area (Å²) < 4.78 is 5.29. The van der Waals surface area contributed by atoms with Crippen molar-refractivity contribution in [3.8, 4) is 0 Å². The van der Waals surface area contributed by atoms with E-state index < -0.39 is 17.3 Å². The lowest BCUT2D eigenvalue weighted by molar-refractivity contribution is -0.119. The number of alkyl halides is 1. The zero-order valence-electron chi connectivity index (χ0n) is 10.6. The molecule has 0 fully saturated rings. The van der Waals surface area contributed by atoms with Gasteiger partial charge in [0.15, 0.2) is 0 Å². The highest BCUT2D eigenvalue weighted by molar-refractivity contribution is 6.31. The summed E-state index contributed by atoms with van der Waals surface area (Å²) in [6.07, 6.45) is 0.994. The first-order valence-corrected chi connectivity index (χ1v) is 6.17. The van der Waals surface area contributed by atoms with Gasteiger partial charge in [0.05, 0.1) is 6.61 Å². The van der Waals surface area contributed by atoms with E-state index in [1.54, 1.807) is 0 Å². The van der Waals surface area contributed by atoms with Gasteiger partial charge in [-0.05, 0) is 19.3 Å². The van der Waals surface area contributed by atoms with Gasteiger partial charge in [-0.15, -0.1) is 11.6 Å². The summed E-state index contributed by atoms with van der Waals surface area (Å²) in [4.78, 5) is 22.2. The van der Waals surface area contributed by atoms with Crippen molar-refractivity contribution in [2.75, 3.05) is 19.8 Å². The first-order chi connectivity index (χ1) is 7.93. The molecule has 0 bridgehead atoms. The molecule has 0 spiro atoms. The molecule has 3 amide bonds. The summed E-state index contributed by atoms with van der Waals surface area (Å²) in [5, 5.41) is 3.89. The Labute approximate surface area is 107 Å². The fraction of sp³-hybridized carbons (Fsp3) is 0.818. The number of carbonyl (C=O) groups is 2. The average molecular weight is 265 g/mol. The molecule has 2 N–H and O–H groups in total. The van der Waals surface area contributed by atoms with Crippen LogP contribution in [0.3, 0.4) is 0 Å². The van der Waals surface area contributed by atoms with E-state index in [0.717, 1.165) is 6.42 Å². The summed E-state index contributed by atoms with van der Waals surface area (Å²) >= 11 is 5.49. The van der Waals surface area contributed by atoms with Gasteiger partial charge in [0.25, 0.3) is 0 Å². The molecular formula is C11H21ClN2O3. The van der Waals surface area contributed by atoms with Crippen molar-refractivity contribution in [3.05, 3.63) is 0 Å². The topological polar surface area (TPSA) is 67.4 Å². The van der Waals surface area contributed by atoms with E-state index in [4.69, 9.17) is 16.3 Å². The second-order valence-corrected chi connectivity index (χ2v) is 4.81. The van der Waals surface area contributed by atoms with Crippen molar-refractivity contribution in [2.45, 2.75) is 32.6 Å². The lowest BCUT2D eigenvalue weighted by Crippen LogP contribution is -2.43. The molecule has 0 aliphatic carbocycles. The van der Waals surface area contributed by atoms with Crippen molar-refractivity contribution in [2.24, 2.45) is 5.92 Å². The monoisotopic (exact) mass is 264 g/mol. The van der Waals surface area contributed by atoms with Crippen molar-refractivity contribution in [1.82, 2.24) is 10.6 Å². The number of carbonyl (C=O) groups excluding carboxylic acids is 2. The maximum atomic E-state index is 11.1. The molecule has 0 rings (SSSR count). The van der Waals surface area contributed by atoms with E-state index in [9.17, 15) is 9.59 Å². The van der Waals surface area contributed by atoms with Crippen molar-refractivity contribution in [3.63, 3.8) is 0 Å². The highest BCUT2D eigenvalue weighted by Gasteiger charge is 2.11. The van der Waals surface area contributed by atoms with E-state index in [2.05, 4.69) is 24.5 Å². The quantitative estimate of drug-likeness (QED) is 0.541. The molecule has 0 aliphatic rings. The first-order valence-electron chi connectivity index (χ1n) is 5.74. The highest BCUT2D eigenvalue weighted by atomic mass is 35.5. The maximum Gasteiger partial charge on any atom is 0.321 e. The molecule has 0 saturated heterocycles. The summed E-state index contributed by atoms with van der Waals surface area (Å²) in [7, 11) is 0. The number of hydrogen-bond donors (Lipinski definition) is 2. The molecule has 100 valence electrons. The summed E-state index contributed by atoms with van der Waals surface area (Å²) in [5.41, 5.74) is 0. The van der Waals surface area contributed by atoms with E-state index >= 15 is 0 Å². The summed E-state index contributed by atoms with van der Waals surface area (Å²) in [6.45, 7) is 7.22. The predicted molar refractivity (Wildman–Crippen MR) is 67.1 cm³/mol. The van der Waals surface area contributed by atoms with E-state index in [-0.39, 0.29) is 0 Å². The largest absolute Gasteiger partial charge is 0.380 e. The Morgan fingerprint density at radius 3 is 2.41 bits per heavy atom. The van der Waals surface area contributed by atoms with Crippen LogP contribution in [0, 0.1) is 5.92 Å². The number of hydrogen-bond acceptors (Lipinski definition) is 3. The van der Waals surface area contributed by atoms with Crippen molar-refractivity contribution >= 4 is 23.5 Å². The van der Waals surface area contributed by atoms with Crippen LogP contribution in [0.15, 0.2) is 0 Å². The van der Waals surface area contributed by atoms with Crippen molar-refractivity contribution in [1.29, 1.82) is 0 Å². The Bertz CT molecular complexity index is 245. The van der Waals surface area contributed by atoms with Crippen LogP contribution in [-0.4, -0.2) is 37.1 Å². The van der Waals surface area contributed by atoms with Gasteiger partial charge in [-0.25, -0.2) is 4.79 Å². The third-order valence-electron chi connectivity index (χ3n) is 1.97. The Balaban J connectivity index is 3.43. The second kappa shape index (κ2) is 9.24. The van der Waals surface area contributed by atoms with E-state index in [1.165, 1.54) is 6.92 Å². The zero-order chi connectivity index (χ0) is 13.3. The fourth-order valence-electron chi connectivity index (χ4n) is 0.913. The van der Waals surface area contributed by atoms with Gasteiger partial charge in [-0.1, -0.05) is 13.8 Å². The lowest BCUT2D eigenvalue weighted by Gasteiger charge is -2.08. The number of halogens is 1. The average Bonchev–Trinajstić information content (AvgIpc) is 2.22. The number of ether oxygens (including phenoxy) is 1. The minimum absolute atomic E-state index is 0.369. The Kier molecular flexibility index (Phi) is 8.80. The zero-order valence-corrected chi connectivity index (χ0v) is 11.3. The third-order valence-corrected chi connectivity index (χ3v) is 2.17. The van der Waals surface area contributed by atoms with Gasteiger partial charge in [-0.3, -0.25) is 10.1 Å². The van der Waals surface area contributed by atoms with E-state index in [0.29, 0.717) is 25.7 Å². The molecule has 1 unspecified atom stereocenters. The maximum absolute atomic E-state index is 11.1. The van der Waals surface area contributed by atoms with Crippen LogP contribution >= 0.6 is 11.6 Å². The van der Waals surface area contributed by atoms with Crippen LogP contribution in [-0.2, 0) is 9.53 Å². The Morgan fingerprint density at radius 2 is 1.88 bits per heavy atom. The highest BCUT2D eigenvalue weighted by Crippen LogP contribution is 1.98. The van der Waals surface area contributed by atoms with Gasteiger partial charge in [-0.2, -0.15) is 0 Å². The van der Waals surface area contributed by atoms with Crippen LogP contribution in [0.1, 0.15) is 27.2 Å². The number of nitrogens with one attached hydrogen (secondary N) is 2. The van der Waals surface area contributed by atoms with Gasteiger partial charge in [0.2, 0.25) is 5.91 Å². The van der Waals surface area contributed by atoms with Gasteiger partial charge in [0.1, 0.15) is 5.38 Å². The Hall–Kier alpha value is -0.810. The first kappa shape index (κ1) is 16.2. The third kappa shape index (κ3) is 10.1. The molecule has 0 heterocycles. The molecular weight excluding hydrogens is 244 g/mol. The number of urea groups is 1. The summed E-state index contributed by atoms with van der Waals surface area (Å²) in [5.74, 6) is 0.0963. The molecule has 0 saturated carbocycles. The minimum atomic E-state index is -0.719. The molecule has 17 heavy (non-hydrogen) atoms. The fourth-order valence-corrected chi connectivity index (χ4v) is 0.968. The lowest BCUT2D eigenvalue weighted by atomic mass is 10.1. The Morgan fingerprint density at radius 1 is 1.24 bits per heavy atom. The SMILES string of the molecule is CC(C)CCOCCNC(=O)NC(=O)C(C)Cl. The summed E-state index contributed by atoms with van der Waals surface area (Å²) in [6, 6.07) is -0.546. The molecule has 6 heteroatoms. The van der Waals surface area contributed by atoms with Gasteiger partial charge < -0.3 is 10.1 Å². The number of amides is 3. The molecule has 0 aromatic rings. The molecule has 0 aromatic heterocycles. The van der Waals surface area contributed by atoms with Crippen LogP contribution in [0.2, 0.25) is 0 Å². The second-order valence-electron chi connectivity index (χ2n) is 4.16. The van der Waals surface area contributed by atoms with Gasteiger partial charge in [0, 0.05) is 13.2 Å². The van der Waals surface area contributed by atoms with Crippen LogP contribution < -0.4 is 10.6 Å². The minimum Gasteiger partial charge on any atom is -0.380 e. The van der Waals surface area contributed by atoms with Crippen LogP contribution in [0.25, 0.3) is 0 Å². The van der Waals surface area contributed by atoms with Crippen molar-refractivity contribution < 1.29 is 14.3 Å². The molecule has 0 radical (unpaired) electrons. The van der Waals surface area contributed by atoms with Crippen LogP contribution in [0.5, 0.6) is 0 Å². The molecule has 0 aliphatic heterocycles. The molecule has 1 atom stereocenters. The predicted octanol–water partition coefficient (Wildman–Crippen LogP) is 1.50. The normalized spacial score (nSPS) is 12.3. The smallest absolute Gasteiger partial charge is 0.321 e. The van der Waals surface area contributed by atoms with E-state index in [1.807, 2.05) is 0 Å². The number of imide groups is 1. The molecule has 5 nitrogen and oxygen atoms in total. The standard InChI is InChI=1S/C11H21ClN2O3/c1-8(2)4-6-17-7-5-13-11(16)14-10(15)9(3)12/h8-9H,4-7H2,1-3H3,(H2,13,14,15,16). The molecule has 0 aromatic carbocycles. The van der Waals surface area contributed by atoms with Gasteiger partial charge >= 0.3 is 6.03 Å².